The Hall–Kier alpha value is -0.990. The average Bonchev–Trinajstić information content (AvgIpc) is 2.75. The number of rotatable bonds is 8. The molecule has 2 nitrogen and oxygen atoms in total. The molecule has 0 bridgehead atoms. The van der Waals surface area contributed by atoms with Gasteiger partial charge in [0.05, 0.1) is 0 Å². The van der Waals surface area contributed by atoms with Crippen LogP contribution >= 0.6 is 11.6 Å². The van der Waals surface area contributed by atoms with Crippen molar-refractivity contribution in [1.29, 1.82) is 0 Å². The molecule has 0 saturated carbocycles. The van der Waals surface area contributed by atoms with Gasteiger partial charge >= 0.3 is 0 Å². The molecule has 3 heteroatoms. The maximum atomic E-state index is 6.17. The third-order valence-corrected chi connectivity index (χ3v) is 4.21. The predicted octanol–water partition coefficient (Wildman–Crippen LogP) is 5.15. The molecular formula is C18H27ClN2. The van der Waals surface area contributed by atoms with Crippen molar-refractivity contribution in [3.05, 3.63) is 35.0 Å². The summed E-state index contributed by atoms with van der Waals surface area (Å²) in [5.41, 5.74) is 8.56. The van der Waals surface area contributed by atoms with Gasteiger partial charge in [0.25, 0.3) is 0 Å². The number of aromatic nitrogens is 1. The molecule has 1 aromatic carbocycles. The zero-order valence-electron chi connectivity index (χ0n) is 13.2. The summed E-state index contributed by atoms with van der Waals surface area (Å²) in [6.07, 6.45) is 9.69. The fraction of sp³-hybridized carbons (Fsp3) is 0.556. The van der Waals surface area contributed by atoms with Gasteiger partial charge in [0.15, 0.2) is 0 Å². The SMILES string of the molecule is CCCCCCCn1cc(CC(C)N)c2ccc(Cl)cc21. The van der Waals surface area contributed by atoms with E-state index in [2.05, 4.69) is 36.7 Å². The summed E-state index contributed by atoms with van der Waals surface area (Å²) in [6, 6.07) is 6.36. The molecule has 116 valence electrons. The van der Waals surface area contributed by atoms with Crippen LogP contribution in [0.5, 0.6) is 0 Å². The van der Waals surface area contributed by atoms with Crippen LogP contribution in [0.1, 0.15) is 51.5 Å². The van der Waals surface area contributed by atoms with Gasteiger partial charge in [-0.05, 0) is 37.5 Å². The van der Waals surface area contributed by atoms with E-state index in [1.54, 1.807) is 0 Å². The lowest BCUT2D eigenvalue weighted by atomic mass is 10.1. The molecule has 2 N–H and O–H groups in total. The van der Waals surface area contributed by atoms with E-state index in [1.165, 1.54) is 48.6 Å². The first-order valence-corrected chi connectivity index (χ1v) is 8.52. The Morgan fingerprint density at radius 1 is 1.19 bits per heavy atom. The summed E-state index contributed by atoms with van der Waals surface area (Å²) in [5, 5.41) is 2.10. The van der Waals surface area contributed by atoms with Crippen molar-refractivity contribution >= 4 is 22.5 Å². The summed E-state index contributed by atoms with van der Waals surface area (Å²) < 4.78 is 2.35. The van der Waals surface area contributed by atoms with Crippen LogP contribution in [0.4, 0.5) is 0 Å². The van der Waals surface area contributed by atoms with Crippen molar-refractivity contribution in [1.82, 2.24) is 4.57 Å². The van der Waals surface area contributed by atoms with Gasteiger partial charge in [-0.2, -0.15) is 0 Å². The number of fused-ring (bicyclic) bond motifs is 1. The highest BCUT2D eigenvalue weighted by atomic mass is 35.5. The minimum atomic E-state index is 0.185. The normalized spacial score (nSPS) is 13.0. The fourth-order valence-corrected chi connectivity index (χ4v) is 3.09. The summed E-state index contributed by atoms with van der Waals surface area (Å²) in [6.45, 7) is 5.38. The molecule has 0 aliphatic rings. The minimum absolute atomic E-state index is 0.185. The van der Waals surface area contributed by atoms with E-state index in [0.717, 1.165) is 18.0 Å². The third-order valence-electron chi connectivity index (χ3n) is 3.97. The molecule has 1 heterocycles. The highest BCUT2D eigenvalue weighted by Gasteiger charge is 2.10. The maximum absolute atomic E-state index is 6.17. The second kappa shape index (κ2) is 7.86. The monoisotopic (exact) mass is 306 g/mol. The summed E-state index contributed by atoms with van der Waals surface area (Å²) in [7, 11) is 0. The average molecular weight is 307 g/mol. The Bertz CT molecular complexity index is 572. The zero-order chi connectivity index (χ0) is 15.2. The van der Waals surface area contributed by atoms with Crippen LogP contribution in [0, 0.1) is 0 Å². The van der Waals surface area contributed by atoms with E-state index in [9.17, 15) is 0 Å². The van der Waals surface area contributed by atoms with Gasteiger partial charge in [-0.1, -0.05) is 50.3 Å². The number of hydrogen-bond acceptors (Lipinski definition) is 1. The van der Waals surface area contributed by atoms with Crippen LogP contribution in [0.15, 0.2) is 24.4 Å². The van der Waals surface area contributed by atoms with Gasteiger partial charge < -0.3 is 10.3 Å². The second-order valence-corrected chi connectivity index (χ2v) is 6.54. The van der Waals surface area contributed by atoms with E-state index in [-0.39, 0.29) is 6.04 Å². The van der Waals surface area contributed by atoms with E-state index >= 15 is 0 Å². The Morgan fingerprint density at radius 3 is 2.67 bits per heavy atom. The van der Waals surface area contributed by atoms with Crippen molar-refractivity contribution in [3.63, 3.8) is 0 Å². The van der Waals surface area contributed by atoms with Crippen LogP contribution in [-0.2, 0) is 13.0 Å². The van der Waals surface area contributed by atoms with Crippen molar-refractivity contribution in [2.45, 2.75) is 65.0 Å². The minimum Gasteiger partial charge on any atom is -0.347 e. The van der Waals surface area contributed by atoms with E-state index in [0.29, 0.717) is 0 Å². The molecule has 0 fully saturated rings. The lowest BCUT2D eigenvalue weighted by molar-refractivity contribution is 0.576. The van der Waals surface area contributed by atoms with E-state index < -0.39 is 0 Å². The number of halogens is 1. The number of benzene rings is 1. The highest BCUT2D eigenvalue weighted by molar-refractivity contribution is 6.31. The number of hydrogen-bond donors (Lipinski definition) is 1. The van der Waals surface area contributed by atoms with Crippen LogP contribution < -0.4 is 5.73 Å². The molecular weight excluding hydrogens is 280 g/mol. The maximum Gasteiger partial charge on any atom is 0.0498 e. The van der Waals surface area contributed by atoms with Crippen LogP contribution in [0.25, 0.3) is 10.9 Å². The van der Waals surface area contributed by atoms with Crippen molar-refractivity contribution in [2.24, 2.45) is 5.73 Å². The Balaban J connectivity index is 2.15. The topological polar surface area (TPSA) is 30.9 Å². The Labute approximate surface area is 133 Å². The first-order valence-electron chi connectivity index (χ1n) is 8.14. The highest BCUT2D eigenvalue weighted by Crippen LogP contribution is 2.26. The summed E-state index contributed by atoms with van der Waals surface area (Å²) in [5.74, 6) is 0. The summed E-state index contributed by atoms with van der Waals surface area (Å²) >= 11 is 6.17. The second-order valence-electron chi connectivity index (χ2n) is 6.10. The molecule has 2 aromatic rings. The molecule has 0 aliphatic carbocycles. The van der Waals surface area contributed by atoms with Gasteiger partial charge in [0.1, 0.15) is 0 Å². The van der Waals surface area contributed by atoms with E-state index in [1.807, 2.05) is 6.07 Å². The number of aryl methyl sites for hydroxylation is 1. The van der Waals surface area contributed by atoms with Crippen molar-refractivity contribution in [3.8, 4) is 0 Å². The molecule has 0 amide bonds. The molecule has 2 rings (SSSR count). The Kier molecular flexibility index (Phi) is 6.13. The summed E-state index contributed by atoms with van der Waals surface area (Å²) in [4.78, 5) is 0. The first kappa shape index (κ1) is 16.4. The lowest BCUT2D eigenvalue weighted by Crippen LogP contribution is -2.17. The van der Waals surface area contributed by atoms with Gasteiger partial charge in [-0.15, -0.1) is 0 Å². The Morgan fingerprint density at radius 2 is 1.95 bits per heavy atom. The van der Waals surface area contributed by atoms with Gasteiger partial charge in [0, 0.05) is 34.7 Å². The first-order chi connectivity index (χ1) is 10.1. The molecule has 0 radical (unpaired) electrons. The quantitative estimate of drug-likeness (QED) is 0.671. The molecule has 1 atom stereocenters. The third kappa shape index (κ3) is 4.49. The van der Waals surface area contributed by atoms with Crippen molar-refractivity contribution in [2.75, 3.05) is 0 Å². The van der Waals surface area contributed by atoms with Crippen LogP contribution in [0.2, 0.25) is 5.02 Å². The van der Waals surface area contributed by atoms with Crippen molar-refractivity contribution < 1.29 is 0 Å². The standard InChI is InChI=1S/C18H27ClN2/c1-3-4-5-6-7-10-21-13-15(11-14(2)20)17-9-8-16(19)12-18(17)21/h8-9,12-14H,3-7,10-11,20H2,1-2H3. The van der Waals surface area contributed by atoms with Gasteiger partial charge in [-0.3, -0.25) is 0 Å². The largest absolute Gasteiger partial charge is 0.347 e. The number of unbranched alkanes of at least 4 members (excludes halogenated alkanes) is 4. The molecule has 1 unspecified atom stereocenters. The molecule has 0 aliphatic heterocycles. The molecule has 0 spiro atoms. The smallest absolute Gasteiger partial charge is 0.0498 e. The number of nitrogens with zero attached hydrogens (tertiary/aromatic N) is 1. The van der Waals surface area contributed by atoms with Crippen LogP contribution in [0.3, 0.4) is 0 Å². The fourth-order valence-electron chi connectivity index (χ4n) is 2.92. The van der Waals surface area contributed by atoms with Crippen LogP contribution in [-0.4, -0.2) is 10.6 Å². The predicted molar refractivity (Wildman–Crippen MR) is 93.1 cm³/mol. The van der Waals surface area contributed by atoms with Gasteiger partial charge in [-0.25, -0.2) is 0 Å². The molecule has 1 aromatic heterocycles. The van der Waals surface area contributed by atoms with E-state index in [4.69, 9.17) is 17.3 Å². The van der Waals surface area contributed by atoms with Gasteiger partial charge in [0.2, 0.25) is 0 Å². The molecule has 0 saturated heterocycles. The number of nitrogens with two attached hydrogens (primary N) is 1. The lowest BCUT2D eigenvalue weighted by Gasteiger charge is -2.05. The molecule has 21 heavy (non-hydrogen) atoms. The zero-order valence-corrected chi connectivity index (χ0v) is 14.0.